The highest BCUT2D eigenvalue weighted by molar-refractivity contribution is 7.08. The Kier molecular flexibility index (Phi) is 6.85. The second kappa shape index (κ2) is 8.87. The van der Waals surface area contributed by atoms with Crippen molar-refractivity contribution in [3.63, 3.8) is 0 Å². The Balaban J connectivity index is 1.80. The maximum atomic E-state index is 12.0. The maximum absolute atomic E-state index is 12.0. The van der Waals surface area contributed by atoms with Gasteiger partial charge in [0.2, 0.25) is 0 Å². The Bertz CT molecular complexity index is 744. The molecule has 7 heteroatoms. The van der Waals surface area contributed by atoms with Gasteiger partial charge in [-0.1, -0.05) is 29.3 Å². The van der Waals surface area contributed by atoms with E-state index in [2.05, 4.69) is 0 Å². The molecule has 0 aliphatic heterocycles. The molecule has 0 N–H and O–H groups in total. The molecule has 126 valence electrons. The first-order valence-electron chi connectivity index (χ1n) is 7.00. The first kappa shape index (κ1) is 18.5. The molecule has 2 rings (SSSR count). The number of likely N-dealkylation sites (N-methyl/N-ethyl adjacent to an activating group) is 1. The number of benzene rings is 1. The number of rotatable bonds is 6. The molecule has 1 aromatic carbocycles. The van der Waals surface area contributed by atoms with E-state index in [4.69, 9.17) is 27.9 Å². The molecular formula is C17H15Cl2NO3S. The SMILES string of the molecule is CN(Cc1ccc(Cl)c(Cl)c1)C(=O)COC(=O)/C=C/c1ccsc1. The Morgan fingerprint density at radius 2 is 2.04 bits per heavy atom. The summed E-state index contributed by atoms with van der Waals surface area (Å²) in [5.41, 5.74) is 1.75. The highest BCUT2D eigenvalue weighted by atomic mass is 35.5. The Hall–Kier alpha value is -1.82. The molecule has 0 atom stereocenters. The first-order chi connectivity index (χ1) is 11.5. The van der Waals surface area contributed by atoms with Crippen molar-refractivity contribution in [1.82, 2.24) is 4.90 Å². The number of thiophene rings is 1. The smallest absolute Gasteiger partial charge is 0.331 e. The van der Waals surface area contributed by atoms with Crippen LogP contribution >= 0.6 is 34.5 Å². The lowest BCUT2D eigenvalue weighted by Gasteiger charge is -2.17. The predicted molar refractivity (Wildman–Crippen MR) is 97.2 cm³/mol. The minimum absolute atomic E-state index is 0.307. The Labute approximate surface area is 154 Å². The van der Waals surface area contributed by atoms with Crippen LogP contribution in [0.1, 0.15) is 11.1 Å². The molecular weight excluding hydrogens is 369 g/mol. The van der Waals surface area contributed by atoms with Gasteiger partial charge in [-0.25, -0.2) is 4.79 Å². The van der Waals surface area contributed by atoms with Crippen molar-refractivity contribution in [1.29, 1.82) is 0 Å². The molecule has 0 saturated heterocycles. The van der Waals surface area contributed by atoms with Crippen LogP contribution in [0.2, 0.25) is 10.0 Å². The van der Waals surface area contributed by atoms with Gasteiger partial charge in [-0.3, -0.25) is 4.79 Å². The van der Waals surface area contributed by atoms with Gasteiger partial charge in [0.05, 0.1) is 10.0 Å². The van der Waals surface area contributed by atoms with Crippen LogP contribution in [0.25, 0.3) is 6.08 Å². The summed E-state index contributed by atoms with van der Waals surface area (Å²) < 4.78 is 4.94. The van der Waals surface area contributed by atoms with Crippen molar-refractivity contribution < 1.29 is 14.3 Å². The Morgan fingerprint density at radius 3 is 2.71 bits per heavy atom. The van der Waals surface area contributed by atoms with Gasteiger partial charge >= 0.3 is 5.97 Å². The van der Waals surface area contributed by atoms with E-state index in [0.29, 0.717) is 16.6 Å². The van der Waals surface area contributed by atoms with Gasteiger partial charge in [0.15, 0.2) is 6.61 Å². The summed E-state index contributed by atoms with van der Waals surface area (Å²) in [6.07, 6.45) is 2.94. The lowest BCUT2D eigenvalue weighted by Crippen LogP contribution is -2.30. The predicted octanol–water partition coefficient (Wildman–Crippen LogP) is 4.27. The lowest BCUT2D eigenvalue weighted by atomic mass is 10.2. The van der Waals surface area contributed by atoms with Gasteiger partial charge in [0.25, 0.3) is 5.91 Å². The minimum Gasteiger partial charge on any atom is -0.452 e. The number of halogens is 2. The van der Waals surface area contributed by atoms with Gasteiger partial charge < -0.3 is 9.64 Å². The van der Waals surface area contributed by atoms with E-state index in [1.54, 1.807) is 31.3 Å². The first-order valence-corrected chi connectivity index (χ1v) is 8.70. The van der Waals surface area contributed by atoms with Crippen molar-refractivity contribution in [2.45, 2.75) is 6.54 Å². The van der Waals surface area contributed by atoms with Crippen LogP contribution in [-0.4, -0.2) is 30.4 Å². The van der Waals surface area contributed by atoms with Gasteiger partial charge in [-0.15, -0.1) is 0 Å². The molecule has 0 radical (unpaired) electrons. The number of carbonyl (C=O) groups excluding carboxylic acids is 2. The molecule has 1 amide bonds. The fourth-order valence-corrected chi connectivity index (χ4v) is 2.77. The molecule has 0 aliphatic carbocycles. The third-order valence-corrected chi connectivity index (χ3v) is 4.56. The number of amides is 1. The zero-order valence-corrected chi connectivity index (χ0v) is 15.2. The molecule has 0 unspecified atom stereocenters. The van der Waals surface area contributed by atoms with Crippen LogP contribution in [-0.2, 0) is 20.9 Å². The second-order valence-corrected chi connectivity index (χ2v) is 6.59. The molecule has 1 aromatic heterocycles. The zero-order valence-electron chi connectivity index (χ0n) is 12.9. The summed E-state index contributed by atoms with van der Waals surface area (Å²) in [5.74, 6) is -0.865. The lowest BCUT2D eigenvalue weighted by molar-refractivity contribution is -0.147. The fraction of sp³-hybridized carbons (Fsp3) is 0.176. The van der Waals surface area contributed by atoms with Crippen LogP contribution in [0.3, 0.4) is 0 Å². The topological polar surface area (TPSA) is 46.6 Å². The average Bonchev–Trinajstić information content (AvgIpc) is 3.07. The van der Waals surface area contributed by atoms with Crippen LogP contribution in [0.5, 0.6) is 0 Å². The summed E-state index contributed by atoms with van der Waals surface area (Å²) in [5, 5.41) is 4.70. The van der Waals surface area contributed by atoms with E-state index < -0.39 is 5.97 Å². The van der Waals surface area contributed by atoms with Gasteiger partial charge in [0.1, 0.15) is 0 Å². The fourth-order valence-electron chi connectivity index (χ4n) is 1.83. The summed E-state index contributed by atoms with van der Waals surface area (Å²) in [7, 11) is 1.62. The second-order valence-electron chi connectivity index (χ2n) is 5.00. The van der Waals surface area contributed by atoms with Gasteiger partial charge in [-0.2, -0.15) is 11.3 Å². The molecule has 0 saturated carbocycles. The van der Waals surface area contributed by atoms with E-state index in [-0.39, 0.29) is 12.5 Å². The molecule has 0 bridgehead atoms. The monoisotopic (exact) mass is 383 g/mol. The molecule has 0 spiro atoms. The van der Waals surface area contributed by atoms with Crippen LogP contribution < -0.4 is 0 Å². The van der Waals surface area contributed by atoms with E-state index >= 15 is 0 Å². The molecule has 24 heavy (non-hydrogen) atoms. The molecule has 0 fully saturated rings. The van der Waals surface area contributed by atoms with Gasteiger partial charge in [0, 0.05) is 19.7 Å². The van der Waals surface area contributed by atoms with E-state index in [9.17, 15) is 9.59 Å². The van der Waals surface area contributed by atoms with Crippen LogP contribution in [0, 0.1) is 0 Å². The largest absolute Gasteiger partial charge is 0.452 e. The van der Waals surface area contributed by atoms with E-state index in [0.717, 1.165) is 11.1 Å². The Morgan fingerprint density at radius 1 is 1.25 bits per heavy atom. The van der Waals surface area contributed by atoms with E-state index in [1.165, 1.54) is 22.3 Å². The van der Waals surface area contributed by atoms with Crippen molar-refractivity contribution in [3.05, 3.63) is 62.3 Å². The standard InChI is InChI=1S/C17H15Cl2NO3S/c1-20(9-13-2-4-14(18)15(19)8-13)16(21)10-23-17(22)5-3-12-6-7-24-11-12/h2-8,11H,9-10H2,1H3/b5-3+. The normalized spacial score (nSPS) is 10.8. The zero-order chi connectivity index (χ0) is 17.5. The average molecular weight is 384 g/mol. The molecule has 4 nitrogen and oxygen atoms in total. The van der Waals surface area contributed by atoms with Crippen molar-refractivity contribution in [3.8, 4) is 0 Å². The third-order valence-electron chi connectivity index (χ3n) is 3.12. The maximum Gasteiger partial charge on any atom is 0.331 e. The summed E-state index contributed by atoms with van der Waals surface area (Å²) in [6, 6.07) is 7.04. The minimum atomic E-state index is -0.558. The van der Waals surface area contributed by atoms with E-state index in [1.807, 2.05) is 16.8 Å². The summed E-state index contributed by atoms with van der Waals surface area (Å²) in [4.78, 5) is 25.1. The molecule has 2 aromatic rings. The highest BCUT2D eigenvalue weighted by Crippen LogP contribution is 2.23. The molecule has 1 heterocycles. The number of hydrogen-bond acceptors (Lipinski definition) is 4. The highest BCUT2D eigenvalue weighted by Gasteiger charge is 2.12. The number of carbonyl (C=O) groups is 2. The van der Waals surface area contributed by atoms with Gasteiger partial charge in [-0.05, 0) is 46.2 Å². The number of hydrogen-bond donors (Lipinski definition) is 0. The summed E-state index contributed by atoms with van der Waals surface area (Å²) >= 11 is 13.3. The van der Waals surface area contributed by atoms with Crippen LogP contribution in [0.4, 0.5) is 0 Å². The summed E-state index contributed by atoms with van der Waals surface area (Å²) in [6.45, 7) is 0.0304. The quantitative estimate of drug-likeness (QED) is 0.552. The number of esters is 1. The van der Waals surface area contributed by atoms with Crippen molar-refractivity contribution in [2.75, 3.05) is 13.7 Å². The van der Waals surface area contributed by atoms with Crippen molar-refractivity contribution >= 4 is 52.5 Å². The molecule has 0 aliphatic rings. The third kappa shape index (κ3) is 5.67. The van der Waals surface area contributed by atoms with Crippen LogP contribution in [0.15, 0.2) is 41.1 Å². The number of nitrogens with zero attached hydrogens (tertiary/aromatic N) is 1. The number of ether oxygens (including phenoxy) is 1. The van der Waals surface area contributed by atoms with Crippen molar-refractivity contribution in [2.24, 2.45) is 0 Å².